The van der Waals surface area contributed by atoms with Crippen molar-refractivity contribution in [2.45, 2.75) is 19.4 Å². The van der Waals surface area contributed by atoms with Gasteiger partial charge in [0.2, 0.25) is 5.91 Å². The number of imide groups is 2. The van der Waals surface area contributed by atoms with Gasteiger partial charge in [0.05, 0.1) is 0 Å². The van der Waals surface area contributed by atoms with Crippen molar-refractivity contribution in [3.8, 4) is 0 Å². The first kappa shape index (κ1) is 15.5. The molecule has 0 spiro atoms. The quantitative estimate of drug-likeness (QED) is 0.678. The number of carbonyl (C=O) groups is 4. The predicted octanol–water partition coefficient (Wildman–Crippen LogP) is -0.0431. The Bertz CT molecular complexity index is 655. The fourth-order valence-corrected chi connectivity index (χ4v) is 2.24. The Morgan fingerprint density at radius 2 is 1.86 bits per heavy atom. The maximum absolute atomic E-state index is 12.5. The summed E-state index contributed by atoms with van der Waals surface area (Å²) >= 11 is 0. The van der Waals surface area contributed by atoms with Crippen molar-refractivity contribution in [1.82, 2.24) is 15.5 Å². The lowest BCUT2D eigenvalue weighted by atomic mass is 9.91. The molecule has 0 radical (unpaired) electrons. The maximum Gasteiger partial charge on any atom is 0.325 e. The molecule has 1 aliphatic rings. The summed E-state index contributed by atoms with van der Waals surface area (Å²) in [5, 5.41) is 4.38. The first-order valence-corrected chi connectivity index (χ1v) is 6.54. The van der Waals surface area contributed by atoms with E-state index in [0.717, 1.165) is 10.5 Å². The highest BCUT2D eigenvalue weighted by molar-refractivity contribution is 6.10. The zero-order valence-electron chi connectivity index (χ0n) is 12.2. The first-order chi connectivity index (χ1) is 10.2. The monoisotopic (exact) mass is 304 g/mol. The van der Waals surface area contributed by atoms with Gasteiger partial charge in [-0.2, -0.15) is 0 Å². The number of rotatable bonds is 3. The lowest BCUT2D eigenvalue weighted by Gasteiger charge is -2.22. The van der Waals surface area contributed by atoms with E-state index in [1.54, 1.807) is 19.1 Å². The molecule has 1 aromatic rings. The third-order valence-electron chi connectivity index (χ3n) is 3.47. The van der Waals surface area contributed by atoms with E-state index >= 15 is 0 Å². The Labute approximate surface area is 126 Å². The molecule has 1 heterocycles. The number of aryl methyl sites for hydroxylation is 1. The SMILES string of the molecule is Cc1ccc([C@]2(C)NC(=O)N(CC(=O)NC(N)=O)C2=O)cc1. The molecule has 116 valence electrons. The van der Waals surface area contributed by atoms with Crippen molar-refractivity contribution in [3.05, 3.63) is 35.4 Å². The molecule has 8 heteroatoms. The maximum atomic E-state index is 12.5. The first-order valence-electron chi connectivity index (χ1n) is 6.54. The van der Waals surface area contributed by atoms with Gasteiger partial charge in [-0.3, -0.25) is 19.8 Å². The van der Waals surface area contributed by atoms with Crippen LogP contribution in [0.4, 0.5) is 9.59 Å². The molecule has 1 fully saturated rings. The Kier molecular flexibility index (Phi) is 3.85. The highest BCUT2D eigenvalue weighted by atomic mass is 16.2. The van der Waals surface area contributed by atoms with Gasteiger partial charge in [0.1, 0.15) is 12.1 Å². The summed E-state index contributed by atoms with van der Waals surface area (Å²) in [4.78, 5) is 47.3. The summed E-state index contributed by atoms with van der Waals surface area (Å²) in [5.41, 5.74) is 5.19. The number of hydrogen-bond donors (Lipinski definition) is 3. The molecule has 8 nitrogen and oxygen atoms in total. The average molecular weight is 304 g/mol. The predicted molar refractivity (Wildman–Crippen MR) is 76.5 cm³/mol. The van der Waals surface area contributed by atoms with Crippen molar-refractivity contribution in [2.75, 3.05) is 6.54 Å². The van der Waals surface area contributed by atoms with Gasteiger partial charge in [-0.25, -0.2) is 9.59 Å². The second-order valence-electron chi connectivity index (χ2n) is 5.22. The van der Waals surface area contributed by atoms with E-state index in [0.29, 0.717) is 5.56 Å². The molecule has 1 aliphatic heterocycles. The molecule has 1 atom stereocenters. The number of benzene rings is 1. The Morgan fingerprint density at radius 1 is 1.27 bits per heavy atom. The number of carbonyl (C=O) groups excluding carboxylic acids is 4. The van der Waals surface area contributed by atoms with Gasteiger partial charge < -0.3 is 11.1 Å². The van der Waals surface area contributed by atoms with Crippen molar-refractivity contribution >= 4 is 23.9 Å². The van der Waals surface area contributed by atoms with Gasteiger partial charge in [-0.15, -0.1) is 0 Å². The van der Waals surface area contributed by atoms with Crippen LogP contribution in [0.3, 0.4) is 0 Å². The number of nitrogens with zero attached hydrogens (tertiary/aromatic N) is 1. The number of amides is 6. The molecule has 0 bridgehead atoms. The molecule has 0 aromatic heterocycles. The molecular formula is C14H16N4O4. The van der Waals surface area contributed by atoms with Gasteiger partial charge in [0, 0.05) is 0 Å². The fourth-order valence-electron chi connectivity index (χ4n) is 2.24. The van der Waals surface area contributed by atoms with Gasteiger partial charge in [0.15, 0.2) is 0 Å². The number of primary amides is 1. The van der Waals surface area contributed by atoms with Crippen molar-refractivity contribution in [3.63, 3.8) is 0 Å². The molecule has 2 rings (SSSR count). The molecule has 0 unspecified atom stereocenters. The normalized spacial score (nSPS) is 20.7. The summed E-state index contributed by atoms with van der Waals surface area (Å²) < 4.78 is 0. The average Bonchev–Trinajstić information content (AvgIpc) is 2.63. The number of urea groups is 2. The molecule has 0 aliphatic carbocycles. The van der Waals surface area contributed by atoms with Gasteiger partial charge in [-0.05, 0) is 19.4 Å². The van der Waals surface area contributed by atoms with Crippen LogP contribution in [0, 0.1) is 6.92 Å². The van der Waals surface area contributed by atoms with Crippen LogP contribution in [0.5, 0.6) is 0 Å². The van der Waals surface area contributed by atoms with E-state index in [-0.39, 0.29) is 0 Å². The minimum Gasteiger partial charge on any atom is -0.351 e. The summed E-state index contributed by atoms with van der Waals surface area (Å²) in [5.74, 6) is -1.40. The van der Waals surface area contributed by atoms with Crippen molar-refractivity contribution in [2.24, 2.45) is 5.73 Å². The van der Waals surface area contributed by atoms with Crippen LogP contribution >= 0.6 is 0 Å². The van der Waals surface area contributed by atoms with E-state index < -0.39 is 36.0 Å². The third kappa shape index (κ3) is 2.76. The minimum absolute atomic E-state index is 0.569. The highest BCUT2D eigenvalue weighted by Gasteiger charge is 2.49. The molecule has 6 amide bonds. The largest absolute Gasteiger partial charge is 0.351 e. The summed E-state index contributed by atoms with van der Waals surface area (Å²) in [6.07, 6.45) is 0. The Hall–Kier alpha value is -2.90. The van der Waals surface area contributed by atoms with E-state index in [4.69, 9.17) is 5.73 Å². The van der Waals surface area contributed by atoms with Crippen LogP contribution in [-0.2, 0) is 15.1 Å². The molecule has 1 saturated heterocycles. The Balaban J connectivity index is 2.22. The topological polar surface area (TPSA) is 122 Å². The van der Waals surface area contributed by atoms with Gasteiger partial charge in [-0.1, -0.05) is 29.8 Å². The standard InChI is InChI=1S/C14H16N4O4/c1-8-3-5-9(6-4-8)14(2)11(20)18(13(22)17-14)7-10(19)16-12(15)21/h3-6H,7H2,1-2H3,(H,17,22)(H3,15,16,19,21)/t14-/m0/s1. The second kappa shape index (κ2) is 5.47. The van der Waals surface area contributed by atoms with E-state index in [9.17, 15) is 19.2 Å². The number of hydrogen-bond acceptors (Lipinski definition) is 4. The lowest BCUT2D eigenvalue weighted by molar-refractivity contribution is -0.134. The van der Waals surface area contributed by atoms with Crippen LogP contribution < -0.4 is 16.4 Å². The molecule has 4 N–H and O–H groups in total. The summed E-state index contributed by atoms with van der Waals surface area (Å²) in [6, 6.07) is 5.37. The van der Waals surface area contributed by atoms with Gasteiger partial charge >= 0.3 is 12.1 Å². The zero-order chi connectivity index (χ0) is 16.5. The molecule has 22 heavy (non-hydrogen) atoms. The van der Waals surface area contributed by atoms with Crippen LogP contribution in [0.2, 0.25) is 0 Å². The number of nitrogens with one attached hydrogen (secondary N) is 2. The second-order valence-corrected chi connectivity index (χ2v) is 5.22. The highest BCUT2D eigenvalue weighted by Crippen LogP contribution is 2.28. The summed E-state index contributed by atoms with van der Waals surface area (Å²) in [7, 11) is 0. The summed E-state index contributed by atoms with van der Waals surface area (Å²) in [6.45, 7) is 2.89. The smallest absolute Gasteiger partial charge is 0.325 e. The number of nitrogens with two attached hydrogens (primary N) is 1. The van der Waals surface area contributed by atoms with Crippen LogP contribution in [0.1, 0.15) is 18.1 Å². The third-order valence-corrected chi connectivity index (χ3v) is 3.47. The zero-order valence-corrected chi connectivity index (χ0v) is 12.2. The van der Waals surface area contributed by atoms with E-state index in [2.05, 4.69) is 5.32 Å². The molecular weight excluding hydrogens is 288 g/mol. The van der Waals surface area contributed by atoms with Crippen molar-refractivity contribution < 1.29 is 19.2 Å². The van der Waals surface area contributed by atoms with Crippen molar-refractivity contribution in [1.29, 1.82) is 0 Å². The Morgan fingerprint density at radius 3 is 2.41 bits per heavy atom. The van der Waals surface area contributed by atoms with Crippen LogP contribution in [0.25, 0.3) is 0 Å². The van der Waals surface area contributed by atoms with Gasteiger partial charge in [0.25, 0.3) is 5.91 Å². The minimum atomic E-state index is -1.25. The fraction of sp³-hybridized carbons (Fsp3) is 0.286. The molecule has 1 aromatic carbocycles. The molecule has 0 saturated carbocycles. The van der Waals surface area contributed by atoms with Crippen LogP contribution in [0.15, 0.2) is 24.3 Å². The lowest BCUT2D eigenvalue weighted by Crippen LogP contribution is -2.45. The van der Waals surface area contributed by atoms with Crippen LogP contribution in [-0.4, -0.2) is 35.3 Å². The van der Waals surface area contributed by atoms with E-state index in [1.807, 2.05) is 24.4 Å². The van der Waals surface area contributed by atoms with E-state index in [1.165, 1.54) is 0 Å².